The van der Waals surface area contributed by atoms with Crippen molar-refractivity contribution >= 4 is 5.91 Å². The smallest absolute Gasteiger partial charge is 0.268 e. The molecular weight excluding hydrogens is 210 g/mol. The molecule has 0 aliphatic heterocycles. The third kappa shape index (κ3) is 3.34. The van der Waals surface area contributed by atoms with Gasteiger partial charge in [-0.05, 0) is 20.0 Å². The average Bonchev–Trinajstić information content (AvgIpc) is 2.63. The van der Waals surface area contributed by atoms with Crippen LogP contribution in [0.15, 0.2) is 16.7 Å². The van der Waals surface area contributed by atoms with Gasteiger partial charge in [-0.15, -0.1) is 0 Å². The van der Waals surface area contributed by atoms with E-state index in [-0.39, 0.29) is 5.91 Å². The number of likely N-dealkylation sites (N-methyl/N-ethyl adjacent to an activating group) is 1. The molecule has 1 unspecified atom stereocenters. The third-order valence-corrected chi connectivity index (χ3v) is 2.11. The Hall–Kier alpha value is -1.37. The Labute approximate surface area is 94.0 Å². The molecule has 0 aromatic carbocycles. The fourth-order valence-electron chi connectivity index (χ4n) is 1.50. The summed E-state index contributed by atoms with van der Waals surface area (Å²) in [6, 6.07) is 1.56. The number of nitrogen functional groups attached to an aromatic ring is 1. The first kappa shape index (κ1) is 12.7. The van der Waals surface area contributed by atoms with Crippen molar-refractivity contribution in [3.63, 3.8) is 0 Å². The summed E-state index contributed by atoms with van der Waals surface area (Å²) in [5.74, 6) is 5.20. The van der Waals surface area contributed by atoms with Gasteiger partial charge in [0.25, 0.3) is 5.91 Å². The first-order valence-corrected chi connectivity index (χ1v) is 4.98. The second-order valence-electron chi connectivity index (χ2n) is 3.78. The summed E-state index contributed by atoms with van der Waals surface area (Å²) in [4.78, 5) is 13.2. The summed E-state index contributed by atoms with van der Waals surface area (Å²) in [6.45, 7) is 2.65. The first-order chi connectivity index (χ1) is 7.54. The van der Waals surface area contributed by atoms with Crippen molar-refractivity contribution < 1.29 is 14.3 Å². The molecule has 1 aromatic rings. The number of furan rings is 1. The highest BCUT2D eigenvalue weighted by atomic mass is 16.3. The maximum Gasteiger partial charge on any atom is 0.268 e. The highest BCUT2D eigenvalue weighted by molar-refractivity contribution is 5.94. The zero-order chi connectivity index (χ0) is 12.1. The zero-order valence-corrected chi connectivity index (χ0v) is 9.43. The summed E-state index contributed by atoms with van der Waals surface area (Å²) in [6.07, 6.45) is 1.02. The number of nitrogens with zero attached hydrogens (tertiary/aromatic N) is 1. The topological polar surface area (TPSA) is 91.7 Å². The van der Waals surface area contributed by atoms with E-state index in [2.05, 4.69) is 5.43 Å². The van der Waals surface area contributed by atoms with Gasteiger partial charge in [0.2, 0.25) is 0 Å². The van der Waals surface area contributed by atoms with E-state index >= 15 is 0 Å². The zero-order valence-electron chi connectivity index (χ0n) is 9.43. The second kappa shape index (κ2) is 5.64. The van der Waals surface area contributed by atoms with E-state index in [4.69, 9.17) is 10.3 Å². The standard InChI is InChI=1S/C10H17N3O3/c1-7(14)5-13(2)6-9-8(3-4-16-9)10(15)12-11/h3-4,7,14H,5-6,11H2,1-2H3,(H,12,15). The van der Waals surface area contributed by atoms with Gasteiger partial charge in [0, 0.05) is 6.54 Å². The second-order valence-corrected chi connectivity index (χ2v) is 3.78. The Kier molecular flexibility index (Phi) is 4.48. The molecule has 6 nitrogen and oxygen atoms in total. The van der Waals surface area contributed by atoms with Crippen LogP contribution in [0.2, 0.25) is 0 Å². The van der Waals surface area contributed by atoms with Crippen LogP contribution in [0.5, 0.6) is 0 Å². The number of aliphatic hydroxyl groups excluding tert-OH is 1. The Morgan fingerprint density at radius 3 is 3.00 bits per heavy atom. The maximum absolute atomic E-state index is 11.3. The molecule has 0 spiro atoms. The largest absolute Gasteiger partial charge is 0.467 e. The molecule has 1 atom stereocenters. The van der Waals surface area contributed by atoms with Crippen molar-refractivity contribution in [2.45, 2.75) is 19.6 Å². The van der Waals surface area contributed by atoms with Crippen molar-refractivity contribution in [2.75, 3.05) is 13.6 Å². The molecule has 6 heteroatoms. The lowest BCUT2D eigenvalue weighted by molar-refractivity contribution is 0.0949. The van der Waals surface area contributed by atoms with Crippen LogP contribution in [0.1, 0.15) is 23.0 Å². The van der Waals surface area contributed by atoms with Crippen LogP contribution in [0.4, 0.5) is 0 Å². The van der Waals surface area contributed by atoms with E-state index < -0.39 is 6.10 Å². The molecule has 0 fully saturated rings. The van der Waals surface area contributed by atoms with Crippen molar-refractivity contribution in [1.82, 2.24) is 10.3 Å². The molecular formula is C10H17N3O3. The number of carbonyl (C=O) groups is 1. The third-order valence-electron chi connectivity index (χ3n) is 2.11. The lowest BCUT2D eigenvalue weighted by atomic mass is 10.2. The van der Waals surface area contributed by atoms with Gasteiger partial charge in [0.1, 0.15) is 5.76 Å². The molecule has 0 radical (unpaired) electrons. The molecule has 0 aliphatic carbocycles. The normalized spacial score (nSPS) is 12.8. The number of aliphatic hydroxyl groups is 1. The highest BCUT2D eigenvalue weighted by Crippen LogP contribution is 2.12. The van der Waals surface area contributed by atoms with E-state index in [1.54, 1.807) is 13.0 Å². The Morgan fingerprint density at radius 2 is 2.44 bits per heavy atom. The van der Waals surface area contributed by atoms with Gasteiger partial charge >= 0.3 is 0 Å². The van der Waals surface area contributed by atoms with Gasteiger partial charge in [-0.1, -0.05) is 0 Å². The Bertz CT molecular complexity index is 349. The number of amides is 1. The molecule has 0 bridgehead atoms. The molecule has 4 N–H and O–H groups in total. The van der Waals surface area contributed by atoms with E-state index in [0.29, 0.717) is 24.4 Å². The van der Waals surface area contributed by atoms with Crippen LogP contribution < -0.4 is 11.3 Å². The molecule has 1 amide bonds. The summed E-state index contributed by atoms with van der Waals surface area (Å²) in [7, 11) is 1.83. The van der Waals surface area contributed by atoms with Gasteiger partial charge in [0.15, 0.2) is 0 Å². The fraction of sp³-hybridized carbons (Fsp3) is 0.500. The number of nitrogens with one attached hydrogen (secondary N) is 1. The Morgan fingerprint density at radius 1 is 1.75 bits per heavy atom. The highest BCUT2D eigenvalue weighted by Gasteiger charge is 2.15. The number of nitrogens with two attached hydrogens (primary N) is 1. The van der Waals surface area contributed by atoms with Crippen molar-refractivity contribution in [3.8, 4) is 0 Å². The van der Waals surface area contributed by atoms with Crippen molar-refractivity contribution in [2.24, 2.45) is 5.84 Å². The van der Waals surface area contributed by atoms with Crippen LogP contribution in [-0.4, -0.2) is 35.6 Å². The summed E-state index contributed by atoms with van der Waals surface area (Å²) < 4.78 is 5.20. The lowest BCUT2D eigenvalue weighted by Crippen LogP contribution is -2.32. The number of carbonyl (C=O) groups excluding carboxylic acids is 1. The quantitative estimate of drug-likeness (QED) is 0.365. The maximum atomic E-state index is 11.3. The van der Waals surface area contributed by atoms with Crippen molar-refractivity contribution in [1.29, 1.82) is 0 Å². The van der Waals surface area contributed by atoms with Crippen LogP contribution in [0, 0.1) is 0 Å². The Balaban J connectivity index is 2.66. The number of hydrogen-bond acceptors (Lipinski definition) is 5. The summed E-state index contributed by atoms with van der Waals surface area (Å²) in [5, 5.41) is 9.20. The van der Waals surface area contributed by atoms with E-state index in [1.165, 1.54) is 6.26 Å². The summed E-state index contributed by atoms with van der Waals surface area (Å²) >= 11 is 0. The molecule has 1 aromatic heterocycles. The van der Waals surface area contributed by atoms with E-state index in [0.717, 1.165) is 0 Å². The molecule has 0 saturated heterocycles. The van der Waals surface area contributed by atoms with Crippen LogP contribution in [0.25, 0.3) is 0 Å². The molecule has 1 heterocycles. The molecule has 0 aliphatic rings. The van der Waals surface area contributed by atoms with Gasteiger partial charge in [0.05, 0.1) is 24.5 Å². The van der Waals surface area contributed by atoms with Crippen LogP contribution in [-0.2, 0) is 6.54 Å². The van der Waals surface area contributed by atoms with Gasteiger partial charge in [-0.3, -0.25) is 15.1 Å². The minimum absolute atomic E-state index is 0.380. The predicted octanol–water partition coefficient (Wildman–Crippen LogP) is -0.304. The number of hydrogen-bond donors (Lipinski definition) is 3. The van der Waals surface area contributed by atoms with E-state index in [1.807, 2.05) is 11.9 Å². The average molecular weight is 227 g/mol. The van der Waals surface area contributed by atoms with E-state index in [9.17, 15) is 9.90 Å². The summed E-state index contributed by atoms with van der Waals surface area (Å²) in [5.41, 5.74) is 2.47. The minimum Gasteiger partial charge on any atom is -0.467 e. The fourth-order valence-corrected chi connectivity index (χ4v) is 1.50. The molecule has 16 heavy (non-hydrogen) atoms. The number of rotatable bonds is 5. The van der Waals surface area contributed by atoms with Gasteiger partial charge in [-0.2, -0.15) is 0 Å². The van der Waals surface area contributed by atoms with Crippen molar-refractivity contribution in [3.05, 3.63) is 23.7 Å². The monoisotopic (exact) mass is 227 g/mol. The lowest BCUT2D eigenvalue weighted by Gasteiger charge is -2.17. The van der Waals surface area contributed by atoms with Gasteiger partial charge < -0.3 is 9.52 Å². The van der Waals surface area contributed by atoms with Gasteiger partial charge in [-0.25, -0.2) is 5.84 Å². The molecule has 0 saturated carbocycles. The minimum atomic E-state index is -0.424. The SMILES string of the molecule is CC(O)CN(C)Cc1occc1C(=O)NN. The molecule has 90 valence electrons. The number of hydrazine groups is 1. The molecule has 1 rings (SSSR count). The van der Waals surface area contributed by atoms with Crippen LogP contribution in [0.3, 0.4) is 0 Å². The first-order valence-electron chi connectivity index (χ1n) is 4.98. The predicted molar refractivity (Wildman–Crippen MR) is 58.4 cm³/mol. The van der Waals surface area contributed by atoms with Crippen LogP contribution >= 0.6 is 0 Å².